The third-order valence-electron chi connectivity index (χ3n) is 14.8. The van der Waals surface area contributed by atoms with Crippen molar-refractivity contribution in [1.82, 2.24) is 51.9 Å². The molecule has 7 amide bonds. The van der Waals surface area contributed by atoms with E-state index in [4.69, 9.17) is 5.11 Å². The van der Waals surface area contributed by atoms with E-state index in [-0.39, 0.29) is 141 Å². The molecule has 15 N–H and O–H groups in total. The zero-order valence-corrected chi connectivity index (χ0v) is 52.6. The normalized spacial score (nSPS) is 15.0. The van der Waals surface area contributed by atoms with Gasteiger partial charge in [-0.15, -0.1) is 0 Å². The summed E-state index contributed by atoms with van der Waals surface area (Å²) in [4.78, 5) is 166. The third kappa shape index (κ3) is 32.4. The summed E-state index contributed by atoms with van der Waals surface area (Å²) in [6, 6.07) is 3.57. The number of aliphatic carboxylic acids is 7. The topological polar surface area (TPSA) is 478 Å². The molecule has 1 aliphatic heterocycles. The minimum absolute atomic E-state index is 0.0254. The fraction of sp³-hybridized carbons (Fsp3) is 0.576. The predicted molar refractivity (Wildman–Crippen MR) is 331 cm³/mol. The van der Waals surface area contributed by atoms with Gasteiger partial charge in [0.05, 0.1) is 16.7 Å². The minimum Gasteiger partial charge on any atom is -0.507 e. The van der Waals surface area contributed by atoms with Gasteiger partial charge < -0.3 is 78.1 Å². The van der Waals surface area contributed by atoms with Crippen molar-refractivity contribution >= 4 is 99.9 Å². The Balaban J connectivity index is 1.51. The van der Waals surface area contributed by atoms with Crippen molar-refractivity contribution in [1.29, 1.82) is 0 Å². The second-order valence-corrected chi connectivity index (χ2v) is 23.1. The molecule has 2 unspecified atom stereocenters. The number of phenols is 1. The Morgan fingerprint density at radius 3 is 1.36 bits per heavy atom. The molecule has 1 saturated heterocycles. The Kier molecular flexibility index (Phi) is 35.5. The smallest absolute Gasteiger partial charge is 0.326 e. The average molecular weight is 1400 g/mol. The highest BCUT2D eigenvalue weighted by molar-refractivity contribution is 14.1. The van der Waals surface area contributed by atoms with Crippen molar-refractivity contribution in [3.8, 4) is 5.75 Å². The quantitative estimate of drug-likeness (QED) is 0.0320. The second-order valence-electron chi connectivity index (χ2n) is 22.0. The van der Waals surface area contributed by atoms with Crippen LogP contribution >= 0.6 is 22.6 Å². The van der Waals surface area contributed by atoms with Gasteiger partial charge in [0.2, 0.25) is 29.5 Å². The van der Waals surface area contributed by atoms with Gasteiger partial charge >= 0.3 is 47.8 Å². The number of benzene rings is 2. The third-order valence-corrected chi connectivity index (χ3v) is 15.6. The number of carboxylic acids is 7. The first-order valence-corrected chi connectivity index (χ1v) is 31.1. The summed E-state index contributed by atoms with van der Waals surface area (Å²) in [5.41, 5.74) is 1.08. The van der Waals surface area contributed by atoms with E-state index >= 15 is 0 Å². The molecule has 0 saturated carbocycles. The molecule has 0 aromatic heterocycles. The Bertz CT molecular complexity index is 2750. The van der Waals surface area contributed by atoms with Crippen LogP contribution in [0, 0.1) is 3.57 Å². The van der Waals surface area contributed by atoms with Gasteiger partial charge in [-0.1, -0.05) is 49.2 Å². The van der Waals surface area contributed by atoms with Crippen LogP contribution in [0.5, 0.6) is 5.75 Å². The first kappa shape index (κ1) is 77.0. The number of halogens is 1. The van der Waals surface area contributed by atoms with Crippen molar-refractivity contribution in [2.75, 3.05) is 65.4 Å². The van der Waals surface area contributed by atoms with E-state index in [9.17, 15) is 98.1 Å². The average Bonchev–Trinajstić information content (AvgIpc) is 1.66. The molecule has 6 atom stereocenters. The molecule has 0 spiro atoms. The van der Waals surface area contributed by atoms with Gasteiger partial charge in [-0.25, -0.2) is 19.2 Å². The summed E-state index contributed by atoms with van der Waals surface area (Å²) >= 11 is 1.88. The van der Waals surface area contributed by atoms with Crippen LogP contribution in [-0.2, 0) is 70.4 Å². The van der Waals surface area contributed by atoms with Crippen molar-refractivity contribution in [2.45, 2.75) is 152 Å². The molecule has 0 aliphatic carbocycles. The second kappa shape index (κ2) is 41.9. The molecule has 32 heteroatoms. The van der Waals surface area contributed by atoms with Crippen LogP contribution in [0.15, 0.2) is 48.5 Å². The van der Waals surface area contributed by atoms with E-state index in [1.54, 1.807) is 51.1 Å². The molecule has 0 radical (unpaired) electrons. The molecule has 2 aromatic carbocycles. The van der Waals surface area contributed by atoms with Crippen LogP contribution < -0.4 is 37.2 Å². The SMILES string of the molecule is O=C(O)CC[C@H](NC(=O)N[C@@H](CCCCNC(=O)CCCCCCC(=O)NCCCC[C@@H](NC(=O)C(Cc1ccccc1)NC(=O)C(Cc1ccc(O)c(I)c1)NC(=O)CC[C@H](C(=O)O)N1CCN(CC(=O)O)CCN(CC(=O)O)CC1)C(=O)O)C(=O)O)C(=O)O. The lowest BCUT2D eigenvalue weighted by Crippen LogP contribution is -2.57. The van der Waals surface area contributed by atoms with E-state index < -0.39 is 121 Å². The van der Waals surface area contributed by atoms with Gasteiger partial charge in [0.25, 0.3) is 0 Å². The molecule has 0 bridgehead atoms. The summed E-state index contributed by atoms with van der Waals surface area (Å²) in [7, 11) is 0. The largest absolute Gasteiger partial charge is 0.507 e. The van der Waals surface area contributed by atoms with Crippen LogP contribution in [0.4, 0.5) is 4.79 Å². The van der Waals surface area contributed by atoms with Crippen LogP contribution in [0.2, 0.25) is 0 Å². The number of carboxylic acid groups (broad SMARTS) is 7. The Labute approximate surface area is 538 Å². The Hall–Kier alpha value is -8.24. The van der Waals surface area contributed by atoms with Gasteiger partial charge in [-0.2, -0.15) is 0 Å². The number of rotatable bonds is 43. The van der Waals surface area contributed by atoms with E-state index in [1.807, 2.05) is 22.6 Å². The lowest BCUT2D eigenvalue weighted by Gasteiger charge is -2.30. The Morgan fingerprint density at radius 2 is 0.890 bits per heavy atom. The minimum atomic E-state index is -1.54. The van der Waals surface area contributed by atoms with Crippen LogP contribution in [0.1, 0.15) is 114 Å². The van der Waals surface area contributed by atoms with Gasteiger partial charge in [0.15, 0.2) is 0 Å². The molecule has 91 heavy (non-hydrogen) atoms. The van der Waals surface area contributed by atoms with Crippen molar-refractivity contribution in [3.63, 3.8) is 0 Å². The summed E-state index contributed by atoms with van der Waals surface area (Å²) < 4.78 is 0.424. The number of phenolic OH excluding ortho intramolecular Hbond substituents is 1. The number of amides is 7. The van der Waals surface area contributed by atoms with Gasteiger partial charge in [0, 0.05) is 90.9 Å². The number of carbonyl (C=O) groups excluding carboxylic acids is 6. The van der Waals surface area contributed by atoms with Gasteiger partial charge in [-0.05, 0) is 110 Å². The van der Waals surface area contributed by atoms with Crippen molar-refractivity contribution in [3.05, 3.63) is 63.2 Å². The van der Waals surface area contributed by atoms with E-state index in [0.29, 0.717) is 53.2 Å². The highest BCUT2D eigenvalue weighted by Gasteiger charge is 2.33. The van der Waals surface area contributed by atoms with Crippen molar-refractivity contribution in [2.24, 2.45) is 0 Å². The molecular weight excluding hydrogens is 1310 g/mol. The fourth-order valence-corrected chi connectivity index (χ4v) is 10.4. The molecule has 1 fully saturated rings. The zero-order chi connectivity index (χ0) is 67.4. The van der Waals surface area contributed by atoms with Gasteiger partial charge in [-0.3, -0.25) is 57.9 Å². The number of nitrogens with zero attached hydrogens (tertiary/aromatic N) is 3. The molecule has 504 valence electrons. The van der Waals surface area contributed by atoms with Gasteiger partial charge in [0.1, 0.15) is 42.0 Å². The lowest BCUT2D eigenvalue weighted by atomic mass is 10.0. The fourth-order valence-electron chi connectivity index (χ4n) is 9.79. The zero-order valence-electron chi connectivity index (χ0n) is 50.5. The van der Waals surface area contributed by atoms with E-state index in [1.165, 1.54) is 12.1 Å². The number of urea groups is 1. The number of nitrogens with one attached hydrogen (secondary N) is 7. The molecule has 2 aromatic rings. The molecule has 1 aliphatic rings. The monoisotopic (exact) mass is 1400 g/mol. The lowest BCUT2D eigenvalue weighted by molar-refractivity contribution is -0.145. The molecule has 3 rings (SSSR count). The number of aromatic hydroxyl groups is 1. The van der Waals surface area contributed by atoms with Crippen LogP contribution in [-0.4, -0.2) is 235 Å². The number of unbranched alkanes of at least 4 members (excludes halogenated alkanes) is 5. The van der Waals surface area contributed by atoms with Crippen molar-refractivity contribution < 1.29 is 103 Å². The molecule has 1 heterocycles. The maximum absolute atomic E-state index is 14.4. The summed E-state index contributed by atoms with van der Waals surface area (Å²) in [5, 5.41) is 94.9. The molecular formula is C59H85IN10O21. The Morgan fingerprint density at radius 1 is 0.429 bits per heavy atom. The summed E-state index contributed by atoms with van der Waals surface area (Å²) in [5.74, 6) is -12.0. The maximum Gasteiger partial charge on any atom is 0.326 e. The summed E-state index contributed by atoms with van der Waals surface area (Å²) in [6.45, 7) is 0.560. The van der Waals surface area contributed by atoms with Crippen LogP contribution in [0.25, 0.3) is 0 Å². The number of hydrogen-bond donors (Lipinski definition) is 15. The number of carbonyl (C=O) groups is 13. The first-order valence-electron chi connectivity index (χ1n) is 30.0. The standard InChI is InChI=1S/C59H85IN10O21/c60-39-32-38(18-21-46(39)71)34-43(63-49(74)22-20-45(58(89)90)70-30-28-68(35-51(77)78)26-27-69(29-31-70)36-52(79)80)53(81)65-44(33-37-12-4-3-5-13-37)54(82)64-40(55(83)84)14-8-10-24-61-47(72)16-6-1-2-7-17-48(73)62-25-11-9-15-41(56(85)86)66-59(91)67-42(57(87)88)19-23-50(75)76/h3-5,12-13,18,21,32,40-45,71H,1-2,6-11,14-17,19-20,22-31,33-36H2,(H,61,72)(H,62,73)(H,63,74)(H,64,82)(H,65,81)(H,75,76)(H,77,78)(H,79,80)(H,83,84)(H,85,86)(H,87,88)(H,89,90)(H2,66,67,91)/t40-,41+,42+,43?,44?,45-/m1/s1. The van der Waals surface area contributed by atoms with Crippen LogP contribution in [0.3, 0.4) is 0 Å². The highest BCUT2D eigenvalue weighted by Crippen LogP contribution is 2.22. The predicted octanol–water partition coefficient (Wildman–Crippen LogP) is 0.627. The maximum atomic E-state index is 14.4. The van der Waals surface area contributed by atoms with E-state index in [0.717, 1.165) is 0 Å². The first-order chi connectivity index (χ1) is 43.2. The number of hydrogen-bond acceptors (Lipinski definition) is 17. The highest BCUT2D eigenvalue weighted by atomic mass is 127. The molecule has 31 nitrogen and oxygen atoms in total. The van der Waals surface area contributed by atoms with E-state index in [2.05, 4.69) is 37.2 Å². The summed E-state index contributed by atoms with van der Waals surface area (Å²) in [6.07, 6.45) is 2.09.